The zero-order valence-electron chi connectivity index (χ0n) is 19.0. The number of nitrogens with zero attached hydrogens (tertiary/aromatic N) is 3. The van der Waals surface area contributed by atoms with E-state index in [9.17, 15) is 5.26 Å². The van der Waals surface area contributed by atoms with E-state index in [1.807, 2.05) is 42.7 Å². The van der Waals surface area contributed by atoms with Gasteiger partial charge in [-0.2, -0.15) is 5.26 Å². The van der Waals surface area contributed by atoms with E-state index in [0.717, 1.165) is 55.9 Å². The maximum atomic E-state index is 9.67. The number of hydrogen-bond acceptors (Lipinski definition) is 8. The highest BCUT2D eigenvalue weighted by molar-refractivity contribution is 7.98. The number of benzene rings is 2. The molecule has 2 aromatic carbocycles. The summed E-state index contributed by atoms with van der Waals surface area (Å²) in [5.41, 5.74) is 2.81. The van der Waals surface area contributed by atoms with Crippen molar-refractivity contribution in [3.8, 4) is 17.6 Å². The molecule has 4 rings (SSSR count). The molecule has 1 aliphatic heterocycles. The summed E-state index contributed by atoms with van der Waals surface area (Å²) in [6.45, 7) is 5.11. The molecule has 8 heteroatoms. The molecule has 3 aromatic rings. The number of nitriles is 1. The summed E-state index contributed by atoms with van der Waals surface area (Å²) in [6.07, 6.45) is 4.55. The molecule has 1 aliphatic rings. The van der Waals surface area contributed by atoms with Gasteiger partial charge in [-0.15, -0.1) is 11.8 Å². The molecule has 0 saturated carbocycles. The second-order valence-electron chi connectivity index (χ2n) is 7.69. The molecule has 1 aromatic heterocycles. The Labute approximate surface area is 198 Å². The maximum absolute atomic E-state index is 9.67. The normalized spacial score (nSPS) is 14.1. The van der Waals surface area contributed by atoms with E-state index in [1.54, 1.807) is 25.1 Å². The summed E-state index contributed by atoms with van der Waals surface area (Å²) in [5, 5.41) is 13.9. The van der Waals surface area contributed by atoms with Crippen LogP contribution in [0.5, 0.6) is 11.5 Å². The molecule has 1 fully saturated rings. The van der Waals surface area contributed by atoms with Gasteiger partial charge in [-0.3, -0.25) is 9.88 Å². The molecule has 0 spiro atoms. The zero-order chi connectivity index (χ0) is 23.0. The topological polar surface area (TPSA) is 79.6 Å². The highest BCUT2D eigenvalue weighted by Crippen LogP contribution is 2.37. The summed E-state index contributed by atoms with van der Waals surface area (Å²) in [4.78, 5) is 8.06. The molecular formula is C25H28N4O3S. The Morgan fingerprint density at radius 3 is 2.67 bits per heavy atom. The van der Waals surface area contributed by atoms with Gasteiger partial charge in [0.05, 0.1) is 43.7 Å². The van der Waals surface area contributed by atoms with Gasteiger partial charge in [0.25, 0.3) is 0 Å². The van der Waals surface area contributed by atoms with E-state index in [-0.39, 0.29) is 0 Å². The van der Waals surface area contributed by atoms with Crippen molar-refractivity contribution in [2.45, 2.75) is 11.3 Å². The van der Waals surface area contributed by atoms with Crippen molar-refractivity contribution in [1.29, 1.82) is 5.26 Å². The van der Waals surface area contributed by atoms with Crippen LogP contribution in [0.1, 0.15) is 12.0 Å². The second kappa shape index (κ2) is 11.2. The highest BCUT2D eigenvalue weighted by atomic mass is 32.2. The fraction of sp³-hybridized carbons (Fsp3) is 0.360. The predicted octanol–water partition coefficient (Wildman–Crippen LogP) is 4.68. The van der Waals surface area contributed by atoms with Crippen LogP contribution in [0.15, 0.2) is 47.5 Å². The third-order valence-electron chi connectivity index (χ3n) is 5.61. The molecule has 0 bridgehead atoms. The Morgan fingerprint density at radius 2 is 1.97 bits per heavy atom. The number of aromatic nitrogens is 1. The van der Waals surface area contributed by atoms with Crippen molar-refractivity contribution in [3.63, 3.8) is 0 Å². The van der Waals surface area contributed by atoms with Crippen molar-refractivity contribution < 1.29 is 14.2 Å². The third kappa shape index (κ3) is 5.69. The molecule has 1 saturated heterocycles. The van der Waals surface area contributed by atoms with Gasteiger partial charge < -0.3 is 19.5 Å². The van der Waals surface area contributed by atoms with Gasteiger partial charge in [-0.05, 0) is 43.0 Å². The van der Waals surface area contributed by atoms with Crippen molar-refractivity contribution in [2.75, 3.05) is 58.1 Å². The Balaban J connectivity index is 1.55. The first-order chi connectivity index (χ1) is 16.2. The molecule has 1 N–H and O–H groups in total. The zero-order valence-corrected chi connectivity index (χ0v) is 19.8. The van der Waals surface area contributed by atoms with Crippen LogP contribution < -0.4 is 14.8 Å². The van der Waals surface area contributed by atoms with Gasteiger partial charge in [0.2, 0.25) is 0 Å². The molecule has 2 heterocycles. The molecule has 0 amide bonds. The van der Waals surface area contributed by atoms with E-state index in [1.165, 1.54) is 4.90 Å². The van der Waals surface area contributed by atoms with Gasteiger partial charge in [0.15, 0.2) is 11.5 Å². The second-order valence-corrected chi connectivity index (χ2v) is 8.57. The number of morpholine rings is 1. The number of methoxy groups -OCH3 is 1. The summed E-state index contributed by atoms with van der Waals surface area (Å²) < 4.78 is 17.1. The van der Waals surface area contributed by atoms with E-state index in [2.05, 4.69) is 21.3 Å². The largest absolute Gasteiger partial charge is 0.493 e. The number of fused-ring (bicyclic) bond motifs is 1. The molecule has 33 heavy (non-hydrogen) atoms. The lowest BCUT2D eigenvalue weighted by Crippen LogP contribution is -2.37. The fourth-order valence-corrected chi connectivity index (χ4v) is 4.21. The Kier molecular flexibility index (Phi) is 7.89. The standard InChI is InChI=1S/C25H28N4O3S/c1-30-23-14-21-22(15-24(23)32-11-3-8-29-9-12-31-13-10-29)27-17-18(16-26)25(21)28-19-4-6-20(33-2)7-5-19/h4-7,14-15,17H,3,8-13H2,1-2H3,(H,27,28). The lowest BCUT2D eigenvalue weighted by molar-refractivity contribution is 0.0357. The highest BCUT2D eigenvalue weighted by Gasteiger charge is 2.15. The predicted molar refractivity (Wildman–Crippen MR) is 132 cm³/mol. The van der Waals surface area contributed by atoms with Crippen molar-refractivity contribution in [2.24, 2.45) is 0 Å². The van der Waals surface area contributed by atoms with E-state index >= 15 is 0 Å². The van der Waals surface area contributed by atoms with E-state index in [0.29, 0.717) is 29.4 Å². The first kappa shape index (κ1) is 23.2. The van der Waals surface area contributed by atoms with Gasteiger partial charge in [-0.25, -0.2) is 0 Å². The monoisotopic (exact) mass is 464 g/mol. The third-order valence-corrected chi connectivity index (χ3v) is 6.36. The van der Waals surface area contributed by atoms with Crippen LogP contribution in [0.3, 0.4) is 0 Å². The van der Waals surface area contributed by atoms with Crippen LogP contribution in [-0.2, 0) is 4.74 Å². The number of anilines is 2. The number of nitrogens with one attached hydrogen (secondary N) is 1. The molecule has 0 atom stereocenters. The molecule has 172 valence electrons. The minimum atomic E-state index is 0.470. The SMILES string of the molecule is COc1cc2c(Nc3ccc(SC)cc3)c(C#N)cnc2cc1OCCCN1CCOCC1. The van der Waals surface area contributed by atoms with Gasteiger partial charge in [0, 0.05) is 47.9 Å². The number of ether oxygens (including phenoxy) is 3. The van der Waals surface area contributed by atoms with Crippen molar-refractivity contribution in [1.82, 2.24) is 9.88 Å². The summed E-state index contributed by atoms with van der Waals surface area (Å²) in [6, 6.07) is 14.1. The average molecular weight is 465 g/mol. The summed E-state index contributed by atoms with van der Waals surface area (Å²) in [7, 11) is 1.62. The van der Waals surface area contributed by atoms with Gasteiger partial charge >= 0.3 is 0 Å². The first-order valence-electron chi connectivity index (χ1n) is 11.0. The molecular weight excluding hydrogens is 436 g/mol. The van der Waals surface area contributed by atoms with Crippen LogP contribution >= 0.6 is 11.8 Å². The smallest absolute Gasteiger partial charge is 0.163 e. The Hall–Kier alpha value is -2.99. The molecule has 0 unspecified atom stereocenters. The minimum Gasteiger partial charge on any atom is -0.493 e. The average Bonchev–Trinajstić information content (AvgIpc) is 2.87. The van der Waals surface area contributed by atoms with E-state index < -0.39 is 0 Å². The van der Waals surface area contributed by atoms with Crippen molar-refractivity contribution >= 4 is 34.0 Å². The lowest BCUT2D eigenvalue weighted by Gasteiger charge is -2.26. The number of thioether (sulfide) groups is 1. The van der Waals surface area contributed by atoms with Crippen LogP contribution in [0.25, 0.3) is 10.9 Å². The fourth-order valence-electron chi connectivity index (χ4n) is 3.81. The number of pyridine rings is 1. The van der Waals surface area contributed by atoms with Crippen LogP contribution in [0, 0.1) is 11.3 Å². The number of hydrogen-bond donors (Lipinski definition) is 1. The van der Waals surface area contributed by atoms with Gasteiger partial charge in [-0.1, -0.05) is 0 Å². The Bertz CT molecular complexity index is 1130. The Morgan fingerprint density at radius 1 is 1.18 bits per heavy atom. The summed E-state index contributed by atoms with van der Waals surface area (Å²) >= 11 is 1.69. The summed E-state index contributed by atoms with van der Waals surface area (Å²) in [5.74, 6) is 1.27. The minimum absolute atomic E-state index is 0.470. The van der Waals surface area contributed by atoms with Crippen LogP contribution in [0.4, 0.5) is 11.4 Å². The number of rotatable bonds is 9. The molecule has 0 radical (unpaired) electrons. The quantitative estimate of drug-likeness (QED) is 0.361. The van der Waals surface area contributed by atoms with E-state index in [4.69, 9.17) is 14.2 Å². The maximum Gasteiger partial charge on any atom is 0.163 e. The molecule has 7 nitrogen and oxygen atoms in total. The lowest BCUT2D eigenvalue weighted by atomic mass is 10.1. The van der Waals surface area contributed by atoms with Crippen molar-refractivity contribution in [3.05, 3.63) is 48.2 Å². The van der Waals surface area contributed by atoms with Gasteiger partial charge in [0.1, 0.15) is 6.07 Å². The molecule has 0 aliphatic carbocycles. The first-order valence-corrected chi connectivity index (χ1v) is 12.2. The van der Waals surface area contributed by atoms with Crippen LogP contribution in [-0.4, -0.2) is 62.7 Å². The van der Waals surface area contributed by atoms with Crippen LogP contribution in [0.2, 0.25) is 0 Å².